The zero-order valence-electron chi connectivity index (χ0n) is 8.40. The molecule has 1 heterocycles. The molecule has 0 aliphatic carbocycles. The minimum atomic E-state index is -0.122. The minimum Gasteiger partial charge on any atom is -0.301 e. The Balaban J connectivity index is 3.06. The first-order valence-corrected chi connectivity index (χ1v) is 3.91. The summed E-state index contributed by atoms with van der Waals surface area (Å²) in [5.74, 6) is 1.23. The highest BCUT2D eigenvalue weighted by molar-refractivity contribution is 5.99. The molecule has 0 saturated carbocycles. The van der Waals surface area contributed by atoms with Crippen molar-refractivity contribution in [2.75, 3.05) is 28.2 Å². The molecule has 5 heteroatoms. The van der Waals surface area contributed by atoms with Gasteiger partial charge >= 0.3 is 6.03 Å². The van der Waals surface area contributed by atoms with Gasteiger partial charge in [-0.1, -0.05) is 6.58 Å². The number of aliphatic imine (C=N–C) groups is 1. The molecule has 0 aromatic heterocycles. The van der Waals surface area contributed by atoms with Gasteiger partial charge in [0.25, 0.3) is 0 Å². The van der Waals surface area contributed by atoms with E-state index in [0.29, 0.717) is 11.8 Å². The summed E-state index contributed by atoms with van der Waals surface area (Å²) in [7, 11) is 6.84. The molecule has 5 nitrogen and oxygen atoms in total. The quantitative estimate of drug-likeness (QED) is 0.543. The molecule has 1 aliphatic rings. The fraction of sp³-hybridized carbons (Fsp3) is 0.500. The van der Waals surface area contributed by atoms with Gasteiger partial charge in [0.15, 0.2) is 0 Å². The van der Waals surface area contributed by atoms with Crippen LogP contribution in [0.15, 0.2) is 17.4 Å². The van der Waals surface area contributed by atoms with Crippen LogP contribution in [0.4, 0.5) is 4.79 Å². The number of carbonyl (C=O) groups is 1. The van der Waals surface area contributed by atoms with E-state index in [2.05, 4.69) is 11.6 Å². The van der Waals surface area contributed by atoms with E-state index in [-0.39, 0.29) is 6.03 Å². The fourth-order valence-corrected chi connectivity index (χ4v) is 1.29. The number of hydrogen-bond acceptors (Lipinski definition) is 2. The van der Waals surface area contributed by atoms with Crippen LogP contribution >= 0.6 is 0 Å². The summed E-state index contributed by atoms with van der Waals surface area (Å²) in [6.45, 7) is 3.78. The first-order valence-electron chi connectivity index (χ1n) is 3.91. The summed E-state index contributed by atoms with van der Waals surface area (Å²) in [6, 6.07) is -0.122. The summed E-state index contributed by atoms with van der Waals surface area (Å²) in [5.41, 5.74) is 0. The van der Waals surface area contributed by atoms with Crippen LogP contribution in [-0.2, 0) is 0 Å². The second kappa shape index (κ2) is 3.08. The summed E-state index contributed by atoms with van der Waals surface area (Å²) < 4.78 is 0. The Morgan fingerprint density at radius 1 is 1.15 bits per heavy atom. The van der Waals surface area contributed by atoms with Crippen LogP contribution in [0, 0.1) is 0 Å². The standard InChI is InChI=1S/C8H14N4O/c1-6-10(3)7(9-2)12(5)8(13)11(6)4/h1H2,2-5H3/b9-7-. The van der Waals surface area contributed by atoms with Gasteiger partial charge in [0, 0.05) is 28.2 Å². The van der Waals surface area contributed by atoms with E-state index in [1.807, 2.05) is 7.05 Å². The molecule has 1 fully saturated rings. The fourth-order valence-electron chi connectivity index (χ4n) is 1.29. The van der Waals surface area contributed by atoms with Crippen LogP contribution < -0.4 is 0 Å². The van der Waals surface area contributed by atoms with Gasteiger partial charge in [-0.15, -0.1) is 0 Å². The molecule has 1 aliphatic heterocycles. The molecule has 0 atom stereocenters. The monoisotopic (exact) mass is 182 g/mol. The SMILES string of the molecule is C=C1N(C)C(=O)N(C)/C(=N\C)N1C. The third-order valence-corrected chi connectivity index (χ3v) is 2.15. The van der Waals surface area contributed by atoms with Gasteiger partial charge in [-0.3, -0.25) is 14.8 Å². The molecule has 0 aromatic rings. The molecule has 0 bridgehead atoms. The van der Waals surface area contributed by atoms with Crippen molar-refractivity contribution in [1.82, 2.24) is 14.7 Å². The first kappa shape index (κ1) is 9.57. The number of nitrogens with zero attached hydrogens (tertiary/aromatic N) is 4. The molecule has 0 spiro atoms. The number of carbonyl (C=O) groups excluding carboxylic acids is 1. The molecule has 72 valence electrons. The molecule has 0 radical (unpaired) electrons. The third-order valence-electron chi connectivity index (χ3n) is 2.15. The Morgan fingerprint density at radius 3 is 2.15 bits per heavy atom. The minimum absolute atomic E-state index is 0.122. The molecular weight excluding hydrogens is 168 g/mol. The normalized spacial score (nSPS) is 21.8. The summed E-state index contributed by atoms with van der Waals surface area (Å²) in [5, 5.41) is 0. The highest BCUT2D eigenvalue weighted by Crippen LogP contribution is 2.15. The number of hydrogen-bond donors (Lipinski definition) is 0. The van der Waals surface area contributed by atoms with Crippen LogP contribution in [0.2, 0.25) is 0 Å². The summed E-state index contributed by atoms with van der Waals surface area (Å²) in [4.78, 5) is 20.3. The molecular formula is C8H14N4O. The van der Waals surface area contributed by atoms with E-state index in [1.165, 1.54) is 9.80 Å². The lowest BCUT2D eigenvalue weighted by atomic mass is 10.4. The topological polar surface area (TPSA) is 39.2 Å². The van der Waals surface area contributed by atoms with Gasteiger partial charge in [-0.2, -0.15) is 0 Å². The Labute approximate surface area is 77.9 Å². The van der Waals surface area contributed by atoms with Crippen LogP contribution in [0.5, 0.6) is 0 Å². The highest BCUT2D eigenvalue weighted by Gasteiger charge is 2.31. The Kier molecular flexibility index (Phi) is 2.27. The van der Waals surface area contributed by atoms with Gasteiger partial charge in [0.2, 0.25) is 5.96 Å². The number of rotatable bonds is 0. The maximum atomic E-state index is 11.5. The largest absolute Gasteiger partial charge is 0.331 e. The van der Waals surface area contributed by atoms with Crippen LogP contribution in [-0.4, -0.2) is 54.9 Å². The molecule has 0 aromatic carbocycles. The lowest BCUT2D eigenvalue weighted by molar-refractivity contribution is 0.178. The Bertz CT molecular complexity index is 260. The maximum absolute atomic E-state index is 11.5. The molecule has 13 heavy (non-hydrogen) atoms. The number of guanidine groups is 1. The second-order valence-electron chi connectivity index (χ2n) is 2.90. The van der Waals surface area contributed by atoms with Crippen LogP contribution in [0.3, 0.4) is 0 Å². The van der Waals surface area contributed by atoms with Gasteiger partial charge in [-0.05, 0) is 0 Å². The van der Waals surface area contributed by atoms with E-state index < -0.39 is 0 Å². The number of urea groups is 1. The van der Waals surface area contributed by atoms with Crippen molar-refractivity contribution in [2.45, 2.75) is 0 Å². The highest BCUT2D eigenvalue weighted by atomic mass is 16.2. The van der Waals surface area contributed by atoms with E-state index in [9.17, 15) is 4.79 Å². The van der Waals surface area contributed by atoms with Crippen molar-refractivity contribution in [3.05, 3.63) is 12.4 Å². The second-order valence-corrected chi connectivity index (χ2v) is 2.90. The zero-order valence-corrected chi connectivity index (χ0v) is 8.40. The van der Waals surface area contributed by atoms with E-state index in [0.717, 1.165) is 0 Å². The van der Waals surface area contributed by atoms with Crippen molar-refractivity contribution in [1.29, 1.82) is 0 Å². The van der Waals surface area contributed by atoms with Gasteiger partial charge in [-0.25, -0.2) is 4.79 Å². The average molecular weight is 182 g/mol. The Hall–Kier alpha value is -1.52. The van der Waals surface area contributed by atoms with Gasteiger partial charge < -0.3 is 4.90 Å². The molecule has 2 amide bonds. The van der Waals surface area contributed by atoms with Gasteiger partial charge in [0.1, 0.15) is 5.82 Å². The predicted molar refractivity (Wildman–Crippen MR) is 51.2 cm³/mol. The van der Waals surface area contributed by atoms with Crippen LogP contribution in [0.25, 0.3) is 0 Å². The van der Waals surface area contributed by atoms with Gasteiger partial charge in [0.05, 0.1) is 0 Å². The smallest absolute Gasteiger partial charge is 0.301 e. The number of amides is 2. The molecule has 1 rings (SSSR count). The molecule has 0 unspecified atom stereocenters. The zero-order chi connectivity index (χ0) is 10.2. The van der Waals surface area contributed by atoms with Crippen molar-refractivity contribution in [3.8, 4) is 0 Å². The van der Waals surface area contributed by atoms with E-state index in [4.69, 9.17) is 0 Å². The predicted octanol–water partition coefficient (Wildman–Crippen LogP) is 0.372. The first-order chi connectivity index (χ1) is 6.00. The lowest BCUT2D eigenvalue weighted by Gasteiger charge is -2.39. The van der Waals surface area contributed by atoms with Crippen molar-refractivity contribution < 1.29 is 4.79 Å². The summed E-state index contributed by atoms with van der Waals surface area (Å²) in [6.07, 6.45) is 0. The molecule has 0 N–H and O–H groups in total. The Morgan fingerprint density at radius 2 is 1.69 bits per heavy atom. The van der Waals surface area contributed by atoms with Crippen molar-refractivity contribution >= 4 is 12.0 Å². The van der Waals surface area contributed by atoms with E-state index in [1.54, 1.807) is 26.0 Å². The van der Waals surface area contributed by atoms with E-state index >= 15 is 0 Å². The van der Waals surface area contributed by atoms with Crippen molar-refractivity contribution in [3.63, 3.8) is 0 Å². The van der Waals surface area contributed by atoms with Crippen LogP contribution in [0.1, 0.15) is 0 Å². The average Bonchev–Trinajstić information content (AvgIpc) is 2.13. The lowest BCUT2D eigenvalue weighted by Crippen LogP contribution is -2.55. The van der Waals surface area contributed by atoms with Crippen molar-refractivity contribution in [2.24, 2.45) is 4.99 Å². The summed E-state index contributed by atoms with van der Waals surface area (Å²) >= 11 is 0. The molecule has 1 saturated heterocycles. The maximum Gasteiger partial charge on any atom is 0.331 e. The third kappa shape index (κ3) is 1.26.